The van der Waals surface area contributed by atoms with Gasteiger partial charge in [-0.05, 0) is 29.8 Å². The third kappa shape index (κ3) is 3.90. The van der Waals surface area contributed by atoms with E-state index in [1.165, 1.54) is 0 Å². The van der Waals surface area contributed by atoms with Gasteiger partial charge in [-0.25, -0.2) is 0 Å². The van der Waals surface area contributed by atoms with E-state index in [9.17, 15) is 9.59 Å². The van der Waals surface area contributed by atoms with Crippen LogP contribution in [0.3, 0.4) is 0 Å². The third-order valence-corrected chi connectivity index (χ3v) is 4.75. The van der Waals surface area contributed by atoms with Crippen LogP contribution in [0.1, 0.15) is 27.9 Å². The number of nitrogens with two attached hydrogens (primary N) is 2. The van der Waals surface area contributed by atoms with E-state index in [-0.39, 0.29) is 18.2 Å². The standard InChI is InChI=1S/C18H21ClN4O3/c19-13-3-1-12(2-4-13)16(17(21)24)22-7-9-23(10-8-22)18(25)15-6-5-14(11-20)26-15/h1-6,16H,7-11,20H2,(H2,21,24). The van der Waals surface area contributed by atoms with Gasteiger partial charge in [0.1, 0.15) is 11.8 Å². The predicted octanol–water partition coefficient (Wildman–Crippen LogP) is 1.38. The smallest absolute Gasteiger partial charge is 0.289 e. The van der Waals surface area contributed by atoms with Crippen LogP contribution in [0.5, 0.6) is 0 Å². The van der Waals surface area contributed by atoms with Crippen molar-refractivity contribution in [2.75, 3.05) is 26.2 Å². The highest BCUT2D eigenvalue weighted by Gasteiger charge is 2.31. The monoisotopic (exact) mass is 376 g/mol. The minimum absolute atomic E-state index is 0.175. The average molecular weight is 377 g/mol. The molecule has 8 heteroatoms. The maximum atomic E-state index is 12.5. The Labute approximate surface area is 156 Å². The first-order valence-electron chi connectivity index (χ1n) is 8.36. The van der Waals surface area contributed by atoms with E-state index in [1.807, 2.05) is 4.90 Å². The number of primary amides is 1. The van der Waals surface area contributed by atoms with Crippen LogP contribution in [-0.4, -0.2) is 47.8 Å². The SMILES string of the molecule is NCc1ccc(C(=O)N2CCN(C(C(N)=O)c3ccc(Cl)cc3)CC2)o1. The number of nitrogens with zero attached hydrogens (tertiary/aromatic N) is 2. The second-order valence-electron chi connectivity index (χ2n) is 6.15. The molecule has 2 heterocycles. The summed E-state index contributed by atoms with van der Waals surface area (Å²) in [7, 11) is 0. The number of hydrogen-bond acceptors (Lipinski definition) is 5. The van der Waals surface area contributed by atoms with Crippen molar-refractivity contribution in [1.82, 2.24) is 9.80 Å². The van der Waals surface area contributed by atoms with Gasteiger partial charge in [-0.1, -0.05) is 23.7 Å². The number of amides is 2. The summed E-state index contributed by atoms with van der Waals surface area (Å²) in [5.41, 5.74) is 11.9. The lowest BCUT2D eigenvalue weighted by Crippen LogP contribution is -2.51. The van der Waals surface area contributed by atoms with Crippen LogP contribution < -0.4 is 11.5 Å². The summed E-state index contributed by atoms with van der Waals surface area (Å²) in [6.07, 6.45) is 0. The van der Waals surface area contributed by atoms with Gasteiger partial charge in [0.25, 0.3) is 5.91 Å². The van der Waals surface area contributed by atoms with Crippen molar-refractivity contribution in [2.45, 2.75) is 12.6 Å². The number of rotatable bonds is 5. The molecular weight excluding hydrogens is 356 g/mol. The number of piperazine rings is 1. The molecule has 0 aliphatic carbocycles. The van der Waals surface area contributed by atoms with Crippen LogP contribution in [0.4, 0.5) is 0 Å². The Kier molecular flexibility index (Phi) is 5.61. The fraction of sp³-hybridized carbons (Fsp3) is 0.333. The van der Waals surface area contributed by atoms with Crippen LogP contribution in [-0.2, 0) is 11.3 Å². The van der Waals surface area contributed by atoms with E-state index in [0.717, 1.165) is 5.56 Å². The quantitative estimate of drug-likeness (QED) is 0.819. The lowest BCUT2D eigenvalue weighted by Gasteiger charge is -2.38. The minimum atomic E-state index is -0.544. The Hall–Kier alpha value is -2.35. The van der Waals surface area contributed by atoms with Crippen molar-refractivity contribution in [3.8, 4) is 0 Å². The van der Waals surface area contributed by atoms with E-state index in [2.05, 4.69) is 0 Å². The lowest BCUT2D eigenvalue weighted by molar-refractivity contribution is -0.124. The van der Waals surface area contributed by atoms with Gasteiger partial charge in [0.2, 0.25) is 5.91 Å². The van der Waals surface area contributed by atoms with Crippen molar-refractivity contribution >= 4 is 23.4 Å². The Morgan fingerprint density at radius 2 is 1.73 bits per heavy atom. The first-order chi connectivity index (χ1) is 12.5. The van der Waals surface area contributed by atoms with Crippen LogP contribution in [0.15, 0.2) is 40.8 Å². The minimum Gasteiger partial charge on any atom is -0.455 e. The molecule has 1 saturated heterocycles. The topological polar surface area (TPSA) is 106 Å². The summed E-state index contributed by atoms with van der Waals surface area (Å²) >= 11 is 5.92. The number of halogens is 1. The third-order valence-electron chi connectivity index (χ3n) is 4.50. The highest BCUT2D eigenvalue weighted by atomic mass is 35.5. The summed E-state index contributed by atoms with van der Waals surface area (Å²) in [6, 6.07) is 9.86. The molecule has 0 bridgehead atoms. The second kappa shape index (κ2) is 7.90. The molecule has 1 aliphatic heterocycles. The highest BCUT2D eigenvalue weighted by molar-refractivity contribution is 6.30. The zero-order valence-corrected chi connectivity index (χ0v) is 15.0. The number of hydrogen-bond donors (Lipinski definition) is 2. The first kappa shape index (κ1) is 18.4. The molecule has 2 amide bonds. The molecule has 1 aliphatic rings. The Balaban J connectivity index is 1.67. The van der Waals surface area contributed by atoms with Crippen LogP contribution >= 0.6 is 11.6 Å². The number of benzene rings is 1. The number of carbonyl (C=O) groups excluding carboxylic acids is 2. The van der Waals surface area contributed by atoms with Gasteiger partial charge in [0.05, 0.1) is 6.54 Å². The largest absolute Gasteiger partial charge is 0.455 e. The highest BCUT2D eigenvalue weighted by Crippen LogP contribution is 2.24. The molecule has 0 radical (unpaired) electrons. The average Bonchev–Trinajstić information content (AvgIpc) is 3.12. The van der Waals surface area contributed by atoms with Gasteiger partial charge < -0.3 is 20.8 Å². The lowest BCUT2D eigenvalue weighted by atomic mass is 10.0. The number of carbonyl (C=O) groups is 2. The van der Waals surface area contributed by atoms with Gasteiger partial charge in [-0.15, -0.1) is 0 Å². The molecule has 0 spiro atoms. The van der Waals surface area contributed by atoms with E-state index in [1.54, 1.807) is 41.3 Å². The normalized spacial score (nSPS) is 16.5. The number of furan rings is 1. The molecule has 7 nitrogen and oxygen atoms in total. The van der Waals surface area contributed by atoms with Crippen molar-refractivity contribution in [3.63, 3.8) is 0 Å². The fourth-order valence-corrected chi connectivity index (χ4v) is 3.27. The maximum absolute atomic E-state index is 12.5. The van der Waals surface area contributed by atoms with Crippen molar-refractivity contribution in [1.29, 1.82) is 0 Å². The Morgan fingerprint density at radius 3 is 2.27 bits per heavy atom. The maximum Gasteiger partial charge on any atom is 0.289 e. The summed E-state index contributed by atoms with van der Waals surface area (Å²) in [4.78, 5) is 28.2. The summed E-state index contributed by atoms with van der Waals surface area (Å²) in [5, 5.41) is 0.600. The van der Waals surface area contributed by atoms with Crippen LogP contribution in [0.25, 0.3) is 0 Å². The summed E-state index contributed by atoms with van der Waals surface area (Å²) < 4.78 is 5.42. The van der Waals surface area contributed by atoms with Gasteiger partial charge in [0, 0.05) is 31.2 Å². The van der Waals surface area contributed by atoms with Gasteiger partial charge in [-0.3, -0.25) is 14.5 Å². The molecule has 1 unspecified atom stereocenters. The molecule has 2 aromatic rings. The van der Waals surface area contributed by atoms with Crippen molar-refractivity contribution in [3.05, 3.63) is 58.5 Å². The van der Waals surface area contributed by atoms with Crippen LogP contribution in [0, 0.1) is 0 Å². The van der Waals surface area contributed by atoms with Crippen molar-refractivity contribution < 1.29 is 14.0 Å². The molecule has 1 aromatic carbocycles. The molecule has 1 aromatic heterocycles. The van der Waals surface area contributed by atoms with E-state index >= 15 is 0 Å². The molecule has 26 heavy (non-hydrogen) atoms. The molecule has 3 rings (SSSR count). The molecule has 0 saturated carbocycles. The van der Waals surface area contributed by atoms with E-state index in [4.69, 9.17) is 27.5 Å². The zero-order valence-electron chi connectivity index (χ0n) is 14.2. The van der Waals surface area contributed by atoms with Gasteiger partial charge >= 0.3 is 0 Å². The zero-order chi connectivity index (χ0) is 18.7. The molecule has 1 atom stereocenters. The molecular formula is C18H21ClN4O3. The predicted molar refractivity (Wildman–Crippen MR) is 97.5 cm³/mol. The molecule has 1 fully saturated rings. The van der Waals surface area contributed by atoms with Crippen LogP contribution in [0.2, 0.25) is 5.02 Å². The van der Waals surface area contributed by atoms with Gasteiger partial charge in [0.15, 0.2) is 5.76 Å². The first-order valence-corrected chi connectivity index (χ1v) is 8.74. The fourth-order valence-electron chi connectivity index (χ4n) is 3.14. The Bertz CT molecular complexity index is 782. The molecule has 4 N–H and O–H groups in total. The Morgan fingerprint density at radius 1 is 1.08 bits per heavy atom. The summed E-state index contributed by atoms with van der Waals surface area (Å²) in [6.45, 7) is 2.28. The van der Waals surface area contributed by atoms with E-state index in [0.29, 0.717) is 37.0 Å². The van der Waals surface area contributed by atoms with E-state index < -0.39 is 11.9 Å². The van der Waals surface area contributed by atoms with Gasteiger partial charge in [-0.2, -0.15) is 0 Å². The molecule has 138 valence electrons. The second-order valence-corrected chi connectivity index (χ2v) is 6.59. The van der Waals surface area contributed by atoms with Crippen molar-refractivity contribution in [2.24, 2.45) is 11.5 Å². The summed E-state index contributed by atoms with van der Waals surface area (Å²) in [5.74, 6) is 0.253.